The molecular formula is C44H69N7O12S4. The fraction of sp³-hybridized carbons (Fsp3) is 0.682. The first-order chi connectivity index (χ1) is 31.7. The monoisotopic (exact) mass is 1020 g/mol. The Balaban J connectivity index is 0.000000359. The van der Waals surface area contributed by atoms with Crippen molar-refractivity contribution in [3.05, 3.63) is 36.1 Å². The van der Waals surface area contributed by atoms with Crippen molar-refractivity contribution < 1.29 is 58.0 Å². The third-order valence-electron chi connectivity index (χ3n) is 10.7. The lowest BCUT2D eigenvalue weighted by atomic mass is 9.95. The molecule has 376 valence electrons. The number of allylic oxidation sites excluding steroid dienone is 3. The number of carbonyl (C=O) groups excluding carboxylic acids is 8. The van der Waals surface area contributed by atoms with Gasteiger partial charge in [-0.05, 0) is 56.6 Å². The predicted molar refractivity (Wildman–Crippen MR) is 262 cm³/mol. The van der Waals surface area contributed by atoms with Crippen molar-refractivity contribution >= 4 is 90.6 Å². The molecule has 4 heterocycles. The maximum Gasteiger partial charge on any atom is 0.329 e. The third-order valence-corrected chi connectivity index (χ3v) is 15.6. The van der Waals surface area contributed by atoms with Gasteiger partial charge in [-0.15, -0.1) is 0 Å². The van der Waals surface area contributed by atoms with Crippen molar-refractivity contribution in [2.75, 3.05) is 23.0 Å². The summed E-state index contributed by atoms with van der Waals surface area (Å²) in [7, 11) is 6.07. The minimum absolute atomic E-state index is 0.0445. The van der Waals surface area contributed by atoms with Gasteiger partial charge in [-0.25, -0.2) is 4.79 Å². The van der Waals surface area contributed by atoms with Crippen molar-refractivity contribution in [3.8, 4) is 0 Å². The van der Waals surface area contributed by atoms with Crippen LogP contribution in [-0.4, -0.2) is 141 Å². The number of hydrogen-bond donors (Lipinski definition) is 9. The van der Waals surface area contributed by atoms with Gasteiger partial charge in [0.25, 0.3) is 5.91 Å². The Labute approximate surface area is 409 Å². The first kappa shape index (κ1) is 57.6. The zero-order valence-corrected chi connectivity index (χ0v) is 42.6. The number of ether oxygens (including phenoxy) is 2. The fourth-order valence-electron chi connectivity index (χ4n) is 6.84. The quantitative estimate of drug-likeness (QED) is 0.0843. The summed E-state index contributed by atoms with van der Waals surface area (Å²) in [5.74, 6) is -2.96. The molecule has 2 fully saturated rings. The Kier molecular flexibility index (Phi) is 25.2. The molecule has 19 nitrogen and oxygen atoms in total. The van der Waals surface area contributed by atoms with Gasteiger partial charge in [0, 0.05) is 29.1 Å². The molecule has 1 unspecified atom stereocenters. The molecular weight excluding hydrogens is 947 g/mol. The zero-order chi connectivity index (χ0) is 49.8. The van der Waals surface area contributed by atoms with Gasteiger partial charge in [0.2, 0.25) is 29.5 Å². The number of hydrogen-bond acceptors (Lipinski definition) is 17. The van der Waals surface area contributed by atoms with Gasteiger partial charge in [0.15, 0.2) is 0 Å². The average molecular weight is 1020 g/mol. The van der Waals surface area contributed by atoms with E-state index in [1.165, 1.54) is 38.5 Å². The first-order valence-corrected chi connectivity index (χ1v) is 27.5. The van der Waals surface area contributed by atoms with Gasteiger partial charge in [-0.2, -0.15) is 0 Å². The highest BCUT2D eigenvalue weighted by Gasteiger charge is 2.35. The summed E-state index contributed by atoms with van der Waals surface area (Å²) < 4.78 is 11.1. The van der Waals surface area contributed by atoms with Gasteiger partial charge in [0.05, 0.1) is 31.4 Å². The number of fused-ring (bicyclic) bond motifs is 14. The van der Waals surface area contributed by atoms with Crippen LogP contribution < -0.4 is 37.2 Å². The number of amides is 6. The summed E-state index contributed by atoms with van der Waals surface area (Å²) in [6.07, 6.45) is 5.26. The van der Waals surface area contributed by atoms with E-state index in [4.69, 9.17) is 9.47 Å². The maximum absolute atomic E-state index is 13.2. The molecule has 4 aliphatic rings. The number of rotatable bonds is 3. The van der Waals surface area contributed by atoms with Gasteiger partial charge < -0.3 is 51.6 Å². The van der Waals surface area contributed by atoms with E-state index in [1.807, 2.05) is 26.0 Å². The summed E-state index contributed by atoms with van der Waals surface area (Å²) in [4.78, 5) is 103. The third kappa shape index (κ3) is 20.0. The maximum atomic E-state index is 13.2. The largest absolute Gasteiger partial charge is 0.457 e. The van der Waals surface area contributed by atoms with Gasteiger partial charge in [-0.1, -0.05) is 103 Å². The van der Waals surface area contributed by atoms with Crippen LogP contribution in [0.2, 0.25) is 0 Å². The van der Waals surface area contributed by atoms with E-state index in [-0.39, 0.29) is 48.5 Å². The summed E-state index contributed by atoms with van der Waals surface area (Å²) in [5.41, 5.74) is -0.0445. The molecule has 4 bridgehead atoms. The van der Waals surface area contributed by atoms with Gasteiger partial charge in [-0.3, -0.25) is 38.9 Å². The second kappa shape index (κ2) is 29.3. The van der Waals surface area contributed by atoms with Crippen molar-refractivity contribution in [1.29, 1.82) is 0 Å². The van der Waals surface area contributed by atoms with Crippen molar-refractivity contribution in [1.82, 2.24) is 37.2 Å². The molecule has 0 aromatic rings. The Bertz CT molecular complexity index is 1820. The van der Waals surface area contributed by atoms with Crippen molar-refractivity contribution in [3.63, 3.8) is 0 Å². The average Bonchev–Trinajstić information content (AvgIpc) is 3.25. The lowest BCUT2D eigenvalue weighted by Gasteiger charge is -2.33. The Morgan fingerprint density at radius 2 is 1.24 bits per heavy atom. The standard InChI is InChI=1S/C24H36N4O6S2.C20H33N3O6S2/c1-6-16-21(30)28-20(14(4)5)24(33)34-15-9-7-8-10-35-36-12-17(22(31)25-16)26-23(32)19(13(2)3)27-18(29)11-15;1-11(2)18-15(24)9-17(26)29-13-6-4-5-7-30-31-10-14(20(28)23-18)22-19(27)12(3)21-16(25)8-13/h6-7,9,13-15,17,19-20H,8,10-12H2,1-5H3,(H,25,31)(H,26,32)(H,27,29)(H,28,30);4,6,11-15,18,20,23-24,28H,5,7-10H2,1-3H3,(H,21,25)(H,22,27)/b9-7+,16-6-;6-4+/t15-,17-,19-,20-;12-,13-,14-,15+,18-,20?/m11/s1. The molecule has 0 aromatic heterocycles. The SMILES string of the molecule is C/C=C1\NC(=O)[C@H]2CSSCC/C=C/[C@H](CC(=O)N[C@H](C(C)C)C(=O)N2)OC(=O)[C@@H](C(C)C)NC1=O.CC(C)[C@H]1NC(O)[C@H]2CSSCC/C=C/[C@H](CC(=O)N[C@H](C)C(=O)N2)OC(=O)C[C@@H]1O. The van der Waals surface area contributed by atoms with Crippen LogP contribution in [0.25, 0.3) is 0 Å². The van der Waals surface area contributed by atoms with E-state index in [0.717, 1.165) is 5.75 Å². The summed E-state index contributed by atoms with van der Waals surface area (Å²) in [6, 6.07) is -4.97. The van der Waals surface area contributed by atoms with Crippen molar-refractivity contribution in [2.24, 2.45) is 17.8 Å². The summed E-state index contributed by atoms with van der Waals surface area (Å²) in [6.45, 7) is 13.9. The number of aliphatic hydroxyl groups is 2. The molecule has 10 atom stereocenters. The highest BCUT2D eigenvalue weighted by molar-refractivity contribution is 8.77. The molecule has 4 aliphatic heterocycles. The van der Waals surface area contributed by atoms with Gasteiger partial charge >= 0.3 is 11.9 Å². The predicted octanol–water partition coefficient (Wildman–Crippen LogP) is 1.75. The van der Waals surface area contributed by atoms with E-state index in [1.54, 1.807) is 64.5 Å². The topological polar surface area (TPSA) is 280 Å². The second-order valence-electron chi connectivity index (χ2n) is 17.4. The molecule has 0 radical (unpaired) electrons. The highest BCUT2D eigenvalue weighted by Crippen LogP contribution is 2.26. The lowest BCUT2D eigenvalue weighted by molar-refractivity contribution is -0.153. The van der Waals surface area contributed by atoms with Crippen LogP contribution in [0.4, 0.5) is 0 Å². The van der Waals surface area contributed by atoms with Crippen LogP contribution in [-0.2, 0) is 47.8 Å². The molecule has 0 aliphatic carbocycles. The van der Waals surface area contributed by atoms with Crippen LogP contribution in [0.5, 0.6) is 0 Å². The van der Waals surface area contributed by atoms with Gasteiger partial charge in [0.1, 0.15) is 48.3 Å². The van der Waals surface area contributed by atoms with E-state index in [2.05, 4.69) is 37.2 Å². The molecule has 6 amide bonds. The van der Waals surface area contributed by atoms with E-state index >= 15 is 0 Å². The highest BCUT2D eigenvalue weighted by atomic mass is 33.1. The summed E-state index contributed by atoms with van der Waals surface area (Å²) in [5, 5.41) is 40.5. The minimum atomic E-state index is -1.16. The molecule has 67 heavy (non-hydrogen) atoms. The van der Waals surface area contributed by atoms with Crippen LogP contribution in [0.3, 0.4) is 0 Å². The fourth-order valence-corrected chi connectivity index (χ4v) is 11.2. The zero-order valence-electron chi connectivity index (χ0n) is 39.4. The Hall–Kier alpha value is -3.74. The molecule has 4 rings (SSSR count). The molecule has 0 spiro atoms. The molecule has 2 saturated heterocycles. The Morgan fingerprint density at radius 1 is 0.657 bits per heavy atom. The smallest absolute Gasteiger partial charge is 0.329 e. The van der Waals surface area contributed by atoms with Crippen LogP contribution >= 0.6 is 43.2 Å². The molecule has 0 saturated carbocycles. The summed E-state index contributed by atoms with van der Waals surface area (Å²) >= 11 is 0. The van der Waals surface area contributed by atoms with Crippen LogP contribution in [0.1, 0.15) is 87.5 Å². The number of aliphatic hydroxyl groups excluding tert-OH is 2. The number of carbonyl (C=O) groups is 8. The van der Waals surface area contributed by atoms with Crippen LogP contribution in [0.15, 0.2) is 36.1 Å². The van der Waals surface area contributed by atoms with E-state index in [9.17, 15) is 48.6 Å². The molecule has 23 heteroatoms. The lowest BCUT2D eigenvalue weighted by Crippen LogP contribution is -2.59. The van der Waals surface area contributed by atoms with E-state index < -0.39 is 108 Å². The minimum Gasteiger partial charge on any atom is -0.457 e. The Morgan fingerprint density at radius 3 is 1.82 bits per heavy atom. The van der Waals surface area contributed by atoms with Crippen molar-refractivity contribution in [2.45, 2.75) is 148 Å². The van der Waals surface area contributed by atoms with E-state index in [0.29, 0.717) is 24.3 Å². The van der Waals surface area contributed by atoms with Crippen LogP contribution in [0, 0.1) is 17.8 Å². The molecule has 9 N–H and O–H groups in total. The second-order valence-corrected chi connectivity index (χ2v) is 22.6. The molecule has 0 aromatic carbocycles. The first-order valence-electron chi connectivity index (χ1n) is 22.5. The number of nitrogens with one attached hydrogen (secondary N) is 7. The normalized spacial score (nSPS) is 32.5. The number of esters is 2.